The van der Waals surface area contributed by atoms with E-state index < -0.39 is 0 Å². The molecule has 1 saturated heterocycles. The van der Waals surface area contributed by atoms with Gasteiger partial charge in [0, 0.05) is 29.8 Å². The summed E-state index contributed by atoms with van der Waals surface area (Å²) in [6.07, 6.45) is 2.61. The molecule has 0 amide bonds. The summed E-state index contributed by atoms with van der Waals surface area (Å²) in [4.78, 5) is 4.37. The molecule has 0 aliphatic carbocycles. The van der Waals surface area contributed by atoms with Gasteiger partial charge in [0.25, 0.3) is 0 Å². The normalized spacial score (nSPS) is 29.8. The molecule has 3 rings (SSSR count). The molecule has 4 heteroatoms. The van der Waals surface area contributed by atoms with Crippen LogP contribution in [0.4, 0.5) is 0 Å². The maximum absolute atomic E-state index is 6.07. The third-order valence-electron chi connectivity index (χ3n) is 2.91. The van der Waals surface area contributed by atoms with Crippen LogP contribution in [0.5, 0.6) is 0 Å². The number of aromatic nitrogens is 1. The van der Waals surface area contributed by atoms with E-state index in [1.807, 2.05) is 0 Å². The van der Waals surface area contributed by atoms with Gasteiger partial charge in [0.05, 0.1) is 18.9 Å². The molecule has 0 radical (unpaired) electrons. The molecule has 1 spiro atoms. The zero-order valence-corrected chi connectivity index (χ0v) is 8.38. The molecular weight excluding hydrogens is 202 g/mol. The summed E-state index contributed by atoms with van der Waals surface area (Å²) in [5, 5.41) is 0.749. The molecule has 3 nitrogen and oxygen atoms in total. The Morgan fingerprint density at radius 3 is 3.21 bits per heavy atom. The van der Waals surface area contributed by atoms with Crippen molar-refractivity contribution in [1.29, 1.82) is 0 Å². The maximum atomic E-state index is 6.07. The molecule has 2 aliphatic rings. The topological polar surface area (TPSA) is 31.4 Å². The van der Waals surface area contributed by atoms with E-state index in [1.165, 1.54) is 0 Å². The fourth-order valence-corrected chi connectivity index (χ4v) is 2.32. The molecule has 3 heterocycles. The molecule has 1 fully saturated rings. The number of nitrogens with zero attached hydrogens (tertiary/aromatic N) is 1. The summed E-state index contributed by atoms with van der Waals surface area (Å²) >= 11 is 6.07. The highest BCUT2D eigenvalue weighted by molar-refractivity contribution is 6.31. The molecule has 1 aromatic heterocycles. The summed E-state index contributed by atoms with van der Waals surface area (Å²) in [7, 11) is 0. The van der Waals surface area contributed by atoms with Crippen molar-refractivity contribution in [3.63, 3.8) is 0 Å². The van der Waals surface area contributed by atoms with Crippen molar-refractivity contribution in [2.45, 2.75) is 18.6 Å². The van der Waals surface area contributed by atoms with Gasteiger partial charge in [-0.05, 0) is 6.07 Å². The standard InChI is InChI=1S/C10H10ClNO2/c11-8-1-3-12-9-7(8)5-14-10(9)2-4-13-6-10/h1,3H,2,4-6H2. The zero-order chi connectivity index (χ0) is 9.60. The Morgan fingerprint density at radius 1 is 1.50 bits per heavy atom. The molecule has 1 aromatic rings. The number of halogens is 1. The van der Waals surface area contributed by atoms with Crippen molar-refractivity contribution in [2.24, 2.45) is 0 Å². The first kappa shape index (κ1) is 8.65. The minimum atomic E-state index is -0.305. The van der Waals surface area contributed by atoms with Gasteiger partial charge in [-0.2, -0.15) is 0 Å². The lowest BCUT2D eigenvalue weighted by molar-refractivity contribution is -0.0441. The second-order valence-corrected chi connectivity index (χ2v) is 4.11. The van der Waals surface area contributed by atoms with Gasteiger partial charge in [0.15, 0.2) is 0 Å². The second-order valence-electron chi connectivity index (χ2n) is 3.71. The predicted octanol–water partition coefficient (Wildman–Crippen LogP) is 1.88. The highest BCUT2D eigenvalue weighted by Crippen LogP contribution is 2.43. The highest BCUT2D eigenvalue weighted by atomic mass is 35.5. The van der Waals surface area contributed by atoms with Crippen LogP contribution in [0.3, 0.4) is 0 Å². The summed E-state index contributed by atoms with van der Waals surface area (Å²) < 4.78 is 11.2. The van der Waals surface area contributed by atoms with Crippen molar-refractivity contribution < 1.29 is 9.47 Å². The van der Waals surface area contributed by atoms with Gasteiger partial charge in [0.1, 0.15) is 5.60 Å². The van der Waals surface area contributed by atoms with Gasteiger partial charge in [0.2, 0.25) is 0 Å². The molecule has 0 bridgehead atoms. The average Bonchev–Trinajstić information content (AvgIpc) is 2.78. The van der Waals surface area contributed by atoms with Crippen LogP contribution in [0.2, 0.25) is 5.02 Å². The van der Waals surface area contributed by atoms with Gasteiger partial charge >= 0.3 is 0 Å². The van der Waals surface area contributed by atoms with Crippen LogP contribution in [0.1, 0.15) is 17.7 Å². The van der Waals surface area contributed by atoms with E-state index in [0.29, 0.717) is 13.2 Å². The Kier molecular flexibility index (Phi) is 1.81. The molecule has 74 valence electrons. The molecule has 1 atom stereocenters. The minimum Gasteiger partial charge on any atom is -0.378 e. The zero-order valence-electron chi connectivity index (χ0n) is 7.62. The number of hydrogen-bond acceptors (Lipinski definition) is 3. The van der Waals surface area contributed by atoms with Crippen LogP contribution in [-0.4, -0.2) is 18.2 Å². The van der Waals surface area contributed by atoms with Crippen LogP contribution in [-0.2, 0) is 21.7 Å². The van der Waals surface area contributed by atoms with Crippen LogP contribution >= 0.6 is 11.6 Å². The van der Waals surface area contributed by atoms with E-state index in [4.69, 9.17) is 21.1 Å². The summed E-state index contributed by atoms with van der Waals surface area (Å²) in [6, 6.07) is 1.80. The Bertz CT molecular complexity index is 374. The number of rotatable bonds is 0. The third kappa shape index (κ3) is 1.03. The Hall–Kier alpha value is -0.640. The van der Waals surface area contributed by atoms with Crippen LogP contribution in [0.15, 0.2) is 12.3 Å². The van der Waals surface area contributed by atoms with Gasteiger partial charge in [-0.1, -0.05) is 11.6 Å². The number of pyridine rings is 1. The first-order valence-corrected chi connectivity index (χ1v) is 5.05. The largest absolute Gasteiger partial charge is 0.378 e. The fourth-order valence-electron chi connectivity index (χ4n) is 2.12. The monoisotopic (exact) mass is 211 g/mol. The second kappa shape index (κ2) is 2.92. The maximum Gasteiger partial charge on any atom is 0.136 e. The van der Waals surface area contributed by atoms with Crippen LogP contribution < -0.4 is 0 Å². The van der Waals surface area contributed by atoms with E-state index in [1.54, 1.807) is 12.3 Å². The molecule has 0 saturated carbocycles. The lowest BCUT2D eigenvalue weighted by Crippen LogP contribution is -2.26. The van der Waals surface area contributed by atoms with Crippen LogP contribution in [0, 0.1) is 0 Å². The Balaban J connectivity index is 2.14. The molecule has 2 aliphatic heterocycles. The SMILES string of the molecule is Clc1ccnc2c1COC21CCOC1. The summed E-state index contributed by atoms with van der Waals surface area (Å²) in [5.74, 6) is 0. The van der Waals surface area contributed by atoms with Crippen molar-refractivity contribution in [3.05, 3.63) is 28.5 Å². The Labute approximate surface area is 87.0 Å². The van der Waals surface area contributed by atoms with Crippen LogP contribution in [0.25, 0.3) is 0 Å². The fraction of sp³-hybridized carbons (Fsp3) is 0.500. The molecule has 0 aromatic carbocycles. The molecule has 1 unspecified atom stereocenters. The lowest BCUT2D eigenvalue weighted by Gasteiger charge is -2.20. The number of fused-ring (bicyclic) bond motifs is 2. The number of hydrogen-bond donors (Lipinski definition) is 0. The lowest BCUT2D eigenvalue weighted by atomic mass is 9.97. The Morgan fingerprint density at radius 2 is 2.43 bits per heavy atom. The smallest absolute Gasteiger partial charge is 0.136 e. The molecule has 0 N–H and O–H groups in total. The highest BCUT2D eigenvalue weighted by Gasteiger charge is 2.45. The first-order valence-electron chi connectivity index (χ1n) is 4.67. The number of ether oxygens (including phenoxy) is 2. The van der Waals surface area contributed by atoms with E-state index in [-0.39, 0.29) is 5.60 Å². The quantitative estimate of drug-likeness (QED) is 0.657. The van der Waals surface area contributed by atoms with Gasteiger partial charge < -0.3 is 9.47 Å². The summed E-state index contributed by atoms with van der Waals surface area (Å²) in [5.41, 5.74) is 1.70. The van der Waals surface area contributed by atoms with E-state index in [2.05, 4.69) is 4.98 Å². The van der Waals surface area contributed by atoms with Gasteiger partial charge in [-0.25, -0.2) is 0 Å². The summed E-state index contributed by atoms with van der Waals surface area (Å²) in [6.45, 7) is 1.91. The van der Waals surface area contributed by atoms with E-state index >= 15 is 0 Å². The average molecular weight is 212 g/mol. The first-order chi connectivity index (χ1) is 6.82. The predicted molar refractivity (Wildman–Crippen MR) is 51.2 cm³/mol. The minimum absolute atomic E-state index is 0.305. The molecular formula is C10H10ClNO2. The third-order valence-corrected chi connectivity index (χ3v) is 3.26. The van der Waals surface area contributed by atoms with E-state index in [0.717, 1.165) is 29.3 Å². The van der Waals surface area contributed by atoms with E-state index in [9.17, 15) is 0 Å². The van der Waals surface area contributed by atoms with Crippen molar-refractivity contribution in [3.8, 4) is 0 Å². The van der Waals surface area contributed by atoms with Crippen molar-refractivity contribution in [2.75, 3.05) is 13.2 Å². The molecule has 14 heavy (non-hydrogen) atoms. The van der Waals surface area contributed by atoms with Crippen molar-refractivity contribution >= 4 is 11.6 Å². The van der Waals surface area contributed by atoms with Gasteiger partial charge in [-0.3, -0.25) is 4.98 Å². The van der Waals surface area contributed by atoms with Crippen molar-refractivity contribution in [1.82, 2.24) is 4.98 Å². The van der Waals surface area contributed by atoms with Gasteiger partial charge in [-0.15, -0.1) is 0 Å².